The Morgan fingerprint density at radius 2 is 2.53 bits per heavy atom. The number of carbonyl (C=O) groups excluding carboxylic acids is 1. The molecule has 17 heavy (non-hydrogen) atoms. The summed E-state index contributed by atoms with van der Waals surface area (Å²) >= 11 is 1.55. The molecule has 0 N–H and O–H groups in total. The minimum atomic E-state index is -0.175. The Morgan fingerprint density at radius 3 is 3.24 bits per heavy atom. The van der Waals surface area contributed by atoms with E-state index in [4.69, 9.17) is 6.42 Å². The average Bonchev–Trinajstić information content (AvgIpc) is 2.89. The number of fused-ring (bicyclic) bond motifs is 1. The molecule has 0 atom stereocenters. The first-order valence-corrected chi connectivity index (χ1v) is 6.11. The predicted octanol–water partition coefficient (Wildman–Crippen LogP) is 1.87. The molecule has 0 radical (unpaired) electrons. The summed E-state index contributed by atoms with van der Waals surface area (Å²) < 4.78 is 6.58. The number of nitrogens with zero attached hydrogens (tertiary/aromatic N) is 2. The third-order valence-electron chi connectivity index (χ3n) is 2.47. The molecular formula is C12H12N2O2S. The fourth-order valence-corrected chi connectivity index (χ4v) is 2.50. The topological polar surface area (TPSA) is 43.6 Å². The van der Waals surface area contributed by atoms with E-state index in [2.05, 4.69) is 15.6 Å². The quantitative estimate of drug-likeness (QED) is 0.613. The summed E-state index contributed by atoms with van der Waals surface area (Å²) in [7, 11) is 1.40. The molecule has 5 heteroatoms. The highest BCUT2D eigenvalue weighted by Crippen LogP contribution is 2.18. The number of imidazole rings is 1. The van der Waals surface area contributed by atoms with Crippen LogP contribution < -0.4 is 0 Å². The second-order valence-electron chi connectivity index (χ2n) is 3.58. The summed E-state index contributed by atoms with van der Waals surface area (Å²) in [5.74, 6) is 2.34. The molecule has 2 rings (SSSR count). The molecule has 0 aliphatic carbocycles. The fraction of sp³-hybridized carbons (Fsp3) is 0.333. The van der Waals surface area contributed by atoms with E-state index in [0.29, 0.717) is 12.1 Å². The number of esters is 1. The Labute approximate surface area is 103 Å². The van der Waals surface area contributed by atoms with Gasteiger partial charge in [0.2, 0.25) is 0 Å². The first-order valence-electron chi connectivity index (χ1n) is 5.23. The second kappa shape index (κ2) is 5.02. The van der Waals surface area contributed by atoms with E-state index in [1.165, 1.54) is 7.11 Å². The van der Waals surface area contributed by atoms with Crippen LogP contribution in [0, 0.1) is 12.3 Å². The summed E-state index contributed by atoms with van der Waals surface area (Å²) in [6.07, 6.45) is 9.16. The molecule has 0 aliphatic rings. The Morgan fingerprint density at radius 1 is 1.71 bits per heavy atom. The summed E-state index contributed by atoms with van der Waals surface area (Å²) in [5, 5.41) is 2.04. The first kappa shape index (κ1) is 11.7. The number of methoxy groups -OCH3 is 1. The Kier molecular flexibility index (Phi) is 3.45. The fourth-order valence-electron chi connectivity index (χ4n) is 1.59. The molecule has 2 aromatic rings. The minimum Gasteiger partial charge on any atom is -0.469 e. The molecule has 0 aromatic carbocycles. The van der Waals surface area contributed by atoms with Crippen molar-refractivity contribution in [3.63, 3.8) is 0 Å². The van der Waals surface area contributed by atoms with E-state index >= 15 is 0 Å². The maximum Gasteiger partial charge on any atom is 0.305 e. The maximum atomic E-state index is 11.0. The van der Waals surface area contributed by atoms with Crippen LogP contribution in [0.3, 0.4) is 0 Å². The lowest BCUT2D eigenvalue weighted by molar-refractivity contribution is -0.140. The van der Waals surface area contributed by atoms with Gasteiger partial charge in [0.1, 0.15) is 5.69 Å². The Hall–Kier alpha value is -1.80. The van der Waals surface area contributed by atoms with Gasteiger partial charge in [-0.2, -0.15) is 0 Å². The zero-order valence-electron chi connectivity index (χ0n) is 9.47. The highest BCUT2D eigenvalue weighted by Gasteiger charge is 2.07. The van der Waals surface area contributed by atoms with Gasteiger partial charge >= 0.3 is 5.97 Å². The van der Waals surface area contributed by atoms with Crippen molar-refractivity contribution in [2.75, 3.05) is 7.11 Å². The maximum absolute atomic E-state index is 11.0. The van der Waals surface area contributed by atoms with Crippen LogP contribution in [-0.2, 0) is 16.0 Å². The zero-order valence-corrected chi connectivity index (χ0v) is 10.3. The van der Waals surface area contributed by atoms with Gasteiger partial charge in [-0.05, 0) is 18.8 Å². The van der Waals surface area contributed by atoms with Gasteiger partial charge in [0, 0.05) is 23.7 Å². The van der Waals surface area contributed by atoms with E-state index < -0.39 is 0 Å². The smallest absolute Gasteiger partial charge is 0.305 e. The van der Waals surface area contributed by atoms with Crippen LogP contribution in [0.2, 0.25) is 0 Å². The van der Waals surface area contributed by atoms with Crippen LogP contribution in [0.5, 0.6) is 0 Å². The number of ether oxygens (including phenoxy) is 1. The minimum absolute atomic E-state index is 0.175. The van der Waals surface area contributed by atoms with Gasteiger partial charge in [-0.25, -0.2) is 4.98 Å². The highest BCUT2D eigenvalue weighted by molar-refractivity contribution is 7.15. The van der Waals surface area contributed by atoms with Crippen LogP contribution in [0.25, 0.3) is 4.96 Å². The average molecular weight is 248 g/mol. The molecule has 0 bridgehead atoms. The lowest BCUT2D eigenvalue weighted by atomic mass is 10.2. The number of thiazole rings is 1. The van der Waals surface area contributed by atoms with Crippen LogP contribution in [0.1, 0.15) is 24.2 Å². The lowest BCUT2D eigenvalue weighted by Crippen LogP contribution is -2.01. The van der Waals surface area contributed by atoms with Crippen molar-refractivity contribution in [3.8, 4) is 12.3 Å². The standard InChI is InChI=1S/C12H12N2O2S/c1-3-9-7-14-10(8-17-12(14)13-9)5-4-6-11(15)16-2/h1,7-8H,4-6H2,2H3. The molecule has 0 fully saturated rings. The van der Waals surface area contributed by atoms with Gasteiger partial charge in [0.15, 0.2) is 4.96 Å². The molecule has 0 unspecified atom stereocenters. The van der Waals surface area contributed by atoms with E-state index in [1.807, 2.05) is 16.0 Å². The predicted molar refractivity (Wildman–Crippen MR) is 66.0 cm³/mol. The number of terminal acetylenes is 1. The van der Waals surface area contributed by atoms with Crippen LogP contribution in [-0.4, -0.2) is 22.5 Å². The second-order valence-corrected chi connectivity index (χ2v) is 4.42. The summed E-state index contributed by atoms with van der Waals surface area (Å²) in [6.45, 7) is 0. The largest absolute Gasteiger partial charge is 0.469 e. The van der Waals surface area contributed by atoms with Crippen LogP contribution >= 0.6 is 11.3 Å². The van der Waals surface area contributed by atoms with E-state index in [1.54, 1.807) is 11.3 Å². The molecular weight excluding hydrogens is 236 g/mol. The van der Waals surface area contributed by atoms with E-state index in [-0.39, 0.29) is 5.97 Å². The number of rotatable bonds is 4. The Balaban J connectivity index is 2.06. The summed E-state index contributed by atoms with van der Waals surface area (Å²) in [6, 6.07) is 0. The molecule has 0 spiro atoms. The molecule has 2 aromatic heterocycles. The van der Waals surface area contributed by atoms with Gasteiger partial charge in [-0.1, -0.05) is 0 Å². The van der Waals surface area contributed by atoms with E-state index in [9.17, 15) is 4.79 Å². The van der Waals surface area contributed by atoms with Crippen molar-refractivity contribution in [1.82, 2.24) is 9.38 Å². The normalized spacial score (nSPS) is 10.4. The third-order valence-corrected chi connectivity index (χ3v) is 3.36. The van der Waals surface area contributed by atoms with E-state index in [0.717, 1.165) is 23.5 Å². The molecule has 0 amide bonds. The van der Waals surface area contributed by atoms with Crippen molar-refractivity contribution < 1.29 is 9.53 Å². The molecule has 0 saturated carbocycles. The molecule has 2 heterocycles. The number of hydrogen-bond donors (Lipinski definition) is 0. The van der Waals surface area contributed by atoms with Crippen LogP contribution in [0.4, 0.5) is 0 Å². The molecule has 0 aliphatic heterocycles. The van der Waals surface area contributed by atoms with Crippen molar-refractivity contribution in [1.29, 1.82) is 0 Å². The SMILES string of the molecule is C#Cc1cn2c(CCCC(=O)OC)csc2n1. The third kappa shape index (κ3) is 2.48. The molecule has 0 saturated heterocycles. The number of aromatic nitrogens is 2. The van der Waals surface area contributed by atoms with Crippen molar-refractivity contribution >= 4 is 22.3 Å². The van der Waals surface area contributed by atoms with Crippen molar-refractivity contribution in [2.24, 2.45) is 0 Å². The Bertz CT molecular complexity index is 577. The molecule has 4 nitrogen and oxygen atoms in total. The zero-order chi connectivity index (χ0) is 12.3. The van der Waals surface area contributed by atoms with Gasteiger partial charge in [0.25, 0.3) is 0 Å². The van der Waals surface area contributed by atoms with Crippen molar-refractivity contribution in [2.45, 2.75) is 19.3 Å². The van der Waals surface area contributed by atoms with Crippen molar-refractivity contribution in [3.05, 3.63) is 23.0 Å². The first-order chi connectivity index (χ1) is 8.24. The van der Waals surface area contributed by atoms with Crippen LogP contribution in [0.15, 0.2) is 11.6 Å². The summed E-state index contributed by atoms with van der Waals surface area (Å²) in [4.78, 5) is 16.1. The number of aryl methyl sites for hydroxylation is 1. The van der Waals surface area contributed by atoms with Gasteiger partial charge in [-0.3, -0.25) is 9.20 Å². The monoisotopic (exact) mass is 248 g/mol. The number of carbonyl (C=O) groups is 1. The van der Waals surface area contributed by atoms with Gasteiger partial charge in [0.05, 0.1) is 7.11 Å². The summed E-state index contributed by atoms with van der Waals surface area (Å²) in [5.41, 5.74) is 1.77. The number of hydrogen-bond acceptors (Lipinski definition) is 4. The molecule has 88 valence electrons. The highest BCUT2D eigenvalue weighted by atomic mass is 32.1. The lowest BCUT2D eigenvalue weighted by Gasteiger charge is -1.99. The van der Waals surface area contributed by atoms with Gasteiger partial charge < -0.3 is 4.74 Å². The van der Waals surface area contributed by atoms with Gasteiger partial charge in [-0.15, -0.1) is 17.8 Å².